The van der Waals surface area contributed by atoms with Gasteiger partial charge in [0.05, 0.1) is 5.69 Å². The van der Waals surface area contributed by atoms with Crippen molar-refractivity contribution < 1.29 is 8.78 Å². The van der Waals surface area contributed by atoms with Gasteiger partial charge in [-0.25, -0.2) is 13.8 Å². The quantitative estimate of drug-likeness (QED) is 0.841. The van der Waals surface area contributed by atoms with Gasteiger partial charge < -0.3 is 11.1 Å². The minimum Gasteiger partial charge on any atom is -0.396 e. The zero-order chi connectivity index (χ0) is 13.1. The van der Waals surface area contributed by atoms with Crippen LogP contribution in [0.2, 0.25) is 5.15 Å². The van der Waals surface area contributed by atoms with Gasteiger partial charge in [0.25, 0.3) is 0 Å². The summed E-state index contributed by atoms with van der Waals surface area (Å²) in [6, 6.07) is 6.85. The van der Waals surface area contributed by atoms with Gasteiger partial charge in [-0.2, -0.15) is 0 Å². The van der Waals surface area contributed by atoms with Gasteiger partial charge in [-0.3, -0.25) is 0 Å². The number of hydrogen-bond donors (Lipinski definition) is 2. The molecule has 1 aromatic heterocycles. The highest BCUT2D eigenvalue weighted by Gasteiger charge is 2.04. The van der Waals surface area contributed by atoms with E-state index < -0.39 is 11.6 Å². The number of nitrogen functional groups attached to an aromatic ring is 1. The second-order valence-electron chi connectivity index (χ2n) is 3.67. The van der Waals surface area contributed by atoms with Crippen LogP contribution in [0.4, 0.5) is 20.3 Å². The highest BCUT2D eigenvalue weighted by atomic mass is 35.5. The van der Waals surface area contributed by atoms with Gasteiger partial charge in [0.1, 0.15) is 5.15 Å². The number of benzene rings is 1. The Morgan fingerprint density at radius 3 is 2.67 bits per heavy atom. The van der Waals surface area contributed by atoms with Gasteiger partial charge in [0, 0.05) is 6.54 Å². The van der Waals surface area contributed by atoms with Crippen molar-refractivity contribution in [1.29, 1.82) is 0 Å². The van der Waals surface area contributed by atoms with Crippen LogP contribution in [0.1, 0.15) is 5.56 Å². The summed E-state index contributed by atoms with van der Waals surface area (Å²) >= 11 is 5.73. The molecule has 94 valence electrons. The fraction of sp³-hybridized carbons (Fsp3) is 0.0833. The van der Waals surface area contributed by atoms with Crippen LogP contribution in [0.5, 0.6) is 0 Å². The molecular weight excluding hydrogens is 260 g/mol. The Kier molecular flexibility index (Phi) is 3.62. The number of nitrogens with two attached hydrogens (primary N) is 1. The van der Waals surface area contributed by atoms with E-state index in [9.17, 15) is 8.78 Å². The smallest absolute Gasteiger partial charge is 0.159 e. The summed E-state index contributed by atoms with van der Waals surface area (Å²) in [7, 11) is 0. The number of hydrogen-bond acceptors (Lipinski definition) is 3. The number of anilines is 2. The molecular formula is C12H10ClF2N3. The van der Waals surface area contributed by atoms with E-state index in [1.165, 1.54) is 6.07 Å². The molecule has 6 heteroatoms. The Hall–Kier alpha value is -1.88. The molecule has 0 aliphatic heterocycles. The van der Waals surface area contributed by atoms with Gasteiger partial charge in [-0.05, 0) is 29.8 Å². The zero-order valence-corrected chi connectivity index (χ0v) is 10.0. The summed E-state index contributed by atoms with van der Waals surface area (Å²) in [6.07, 6.45) is 0. The molecule has 0 spiro atoms. The molecule has 1 aromatic carbocycles. The third-order valence-corrected chi connectivity index (χ3v) is 2.55. The molecule has 3 nitrogen and oxygen atoms in total. The van der Waals surface area contributed by atoms with Crippen molar-refractivity contribution in [2.75, 3.05) is 11.1 Å². The molecule has 2 aromatic rings. The Morgan fingerprint density at radius 2 is 1.94 bits per heavy atom. The van der Waals surface area contributed by atoms with Gasteiger partial charge in [0.15, 0.2) is 17.5 Å². The maximum absolute atomic E-state index is 13.0. The van der Waals surface area contributed by atoms with Crippen LogP contribution in [0, 0.1) is 11.6 Å². The van der Waals surface area contributed by atoms with E-state index in [0.29, 0.717) is 22.2 Å². The molecule has 0 aliphatic rings. The number of halogens is 3. The van der Waals surface area contributed by atoms with E-state index in [4.69, 9.17) is 17.3 Å². The molecule has 0 amide bonds. The molecule has 0 aliphatic carbocycles. The molecule has 0 radical (unpaired) electrons. The molecule has 2 rings (SSSR count). The van der Waals surface area contributed by atoms with E-state index in [1.54, 1.807) is 12.1 Å². The van der Waals surface area contributed by atoms with Crippen molar-refractivity contribution in [3.8, 4) is 0 Å². The van der Waals surface area contributed by atoms with Crippen molar-refractivity contribution in [3.05, 3.63) is 52.7 Å². The fourth-order valence-electron chi connectivity index (χ4n) is 1.42. The molecule has 0 fully saturated rings. The molecule has 0 saturated carbocycles. The molecule has 0 atom stereocenters. The lowest BCUT2D eigenvalue weighted by atomic mass is 10.2. The number of rotatable bonds is 3. The topological polar surface area (TPSA) is 50.9 Å². The predicted molar refractivity (Wildman–Crippen MR) is 67.3 cm³/mol. The van der Waals surface area contributed by atoms with Gasteiger partial charge in [-0.1, -0.05) is 17.7 Å². The lowest BCUT2D eigenvalue weighted by Gasteiger charge is -2.08. The molecule has 0 unspecified atom stereocenters. The third-order valence-electron chi connectivity index (χ3n) is 2.34. The van der Waals surface area contributed by atoms with E-state index in [-0.39, 0.29) is 6.54 Å². The minimum atomic E-state index is -0.888. The number of nitrogens with zero attached hydrogens (tertiary/aromatic N) is 1. The van der Waals surface area contributed by atoms with Crippen LogP contribution in [0.25, 0.3) is 0 Å². The second kappa shape index (κ2) is 5.18. The normalized spacial score (nSPS) is 10.4. The van der Waals surface area contributed by atoms with Gasteiger partial charge in [0.2, 0.25) is 0 Å². The average molecular weight is 270 g/mol. The fourth-order valence-corrected chi connectivity index (χ4v) is 1.57. The summed E-state index contributed by atoms with van der Waals surface area (Å²) in [5.41, 5.74) is 6.70. The maximum atomic E-state index is 13.0. The Morgan fingerprint density at radius 1 is 1.17 bits per heavy atom. The van der Waals surface area contributed by atoms with E-state index >= 15 is 0 Å². The van der Waals surface area contributed by atoms with E-state index in [1.807, 2.05) is 0 Å². The second-order valence-corrected chi connectivity index (χ2v) is 4.06. The Labute approximate surface area is 108 Å². The SMILES string of the molecule is Nc1ccc(Cl)nc1NCc1ccc(F)c(F)c1. The lowest BCUT2D eigenvalue weighted by molar-refractivity contribution is 0.507. The van der Waals surface area contributed by atoms with Crippen molar-refractivity contribution in [2.24, 2.45) is 0 Å². The van der Waals surface area contributed by atoms with Crippen LogP contribution in [0.15, 0.2) is 30.3 Å². The summed E-state index contributed by atoms with van der Waals surface area (Å²) in [5.74, 6) is -1.35. The molecule has 1 heterocycles. The van der Waals surface area contributed by atoms with Crippen LogP contribution in [0.3, 0.4) is 0 Å². The lowest BCUT2D eigenvalue weighted by Crippen LogP contribution is -2.05. The summed E-state index contributed by atoms with van der Waals surface area (Å²) in [5, 5.41) is 3.21. The number of nitrogens with one attached hydrogen (secondary N) is 1. The highest BCUT2D eigenvalue weighted by Crippen LogP contribution is 2.19. The molecule has 0 saturated heterocycles. The van der Waals surface area contributed by atoms with Crippen molar-refractivity contribution in [1.82, 2.24) is 4.98 Å². The average Bonchev–Trinajstić information content (AvgIpc) is 2.34. The zero-order valence-electron chi connectivity index (χ0n) is 9.25. The number of pyridine rings is 1. The Balaban J connectivity index is 2.11. The van der Waals surface area contributed by atoms with Crippen molar-refractivity contribution >= 4 is 23.1 Å². The first-order valence-corrected chi connectivity index (χ1v) is 5.54. The first kappa shape index (κ1) is 12.6. The molecule has 3 N–H and O–H groups in total. The molecule has 0 bridgehead atoms. The summed E-state index contributed by atoms with van der Waals surface area (Å²) in [4.78, 5) is 3.99. The third kappa shape index (κ3) is 2.87. The predicted octanol–water partition coefficient (Wildman–Crippen LogP) is 3.21. The maximum Gasteiger partial charge on any atom is 0.159 e. The summed E-state index contributed by atoms with van der Waals surface area (Å²) in [6.45, 7) is 0.273. The standard InChI is InChI=1S/C12H10ClF2N3/c13-11-4-3-10(16)12(18-11)17-6-7-1-2-8(14)9(15)5-7/h1-5H,6,16H2,(H,17,18). The minimum absolute atomic E-state index is 0.273. The van der Waals surface area contributed by atoms with Gasteiger partial charge >= 0.3 is 0 Å². The van der Waals surface area contributed by atoms with Crippen molar-refractivity contribution in [3.63, 3.8) is 0 Å². The first-order chi connectivity index (χ1) is 8.56. The number of aromatic nitrogens is 1. The van der Waals surface area contributed by atoms with Crippen LogP contribution in [-0.4, -0.2) is 4.98 Å². The monoisotopic (exact) mass is 269 g/mol. The van der Waals surface area contributed by atoms with Crippen LogP contribution < -0.4 is 11.1 Å². The van der Waals surface area contributed by atoms with E-state index in [2.05, 4.69) is 10.3 Å². The first-order valence-electron chi connectivity index (χ1n) is 5.16. The largest absolute Gasteiger partial charge is 0.396 e. The van der Waals surface area contributed by atoms with Gasteiger partial charge in [-0.15, -0.1) is 0 Å². The summed E-state index contributed by atoms with van der Waals surface area (Å²) < 4.78 is 25.7. The Bertz CT molecular complexity index is 575. The highest BCUT2D eigenvalue weighted by molar-refractivity contribution is 6.29. The van der Waals surface area contributed by atoms with E-state index in [0.717, 1.165) is 12.1 Å². The van der Waals surface area contributed by atoms with Crippen LogP contribution in [-0.2, 0) is 6.54 Å². The molecule has 18 heavy (non-hydrogen) atoms. The van der Waals surface area contributed by atoms with Crippen LogP contribution >= 0.6 is 11.6 Å². The van der Waals surface area contributed by atoms with Crippen molar-refractivity contribution in [2.45, 2.75) is 6.54 Å².